The number of nitrogens with one attached hydrogen (secondary N) is 1. The minimum absolute atomic E-state index is 0.0933. The molecule has 3 rings (SSSR count). The fourth-order valence-corrected chi connectivity index (χ4v) is 3.13. The first-order chi connectivity index (χ1) is 10.1. The van der Waals surface area contributed by atoms with Gasteiger partial charge in [0.25, 0.3) is 0 Å². The number of halogens is 1. The normalized spacial score (nSPS) is 27.3. The molecule has 1 aromatic carbocycles. The van der Waals surface area contributed by atoms with Gasteiger partial charge in [-0.25, -0.2) is 4.39 Å². The van der Waals surface area contributed by atoms with Crippen LogP contribution in [0.1, 0.15) is 31.5 Å². The van der Waals surface area contributed by atoms with E-state index in [9.17, 15) is 9.18 Å². The SMILES string of the molecule is CC1NC(c2cccc(F)c2)N(CC2CCOCC2)C1=O. The lowest BCUT2D eigenvalue weighted by Crippen LogP contribution is -2.37. The monoisotopic (exact) mass is 292 g/mol. The number of rotatable bonds is 3. The zero-order valence-electron chi connectivity index (χ0n) is 12.2. The molecule has 2 aliphatic heterocycles. The summed E-state index contributed by atoms with van der Waals surface area (Å²) in [5.74, 6) is 0.286. The van der Waals surface area contributed by atoms with Gasteiger partial charge in [-0.3, -0.25) is 10.1 Å². The fraction of sp³-hybridized carbons (Fsp3) is 0.562. The zero-order chi connectivity index (χ0) is 14.8. The molecule has 1 N–H and O–H groups in total. The number of hydrogen-bond donors (Lipinski definition) is 1. The Bertz CT molecular complexity index is 517. The number of carbonyl (C=O) groups excluding carboxylic acids is 1. The summed E-state index contributed by atoms with van der Waals surface area (Å²) in [5, 5.41) is 3.27. The van der Waals surface area contributed by atoms with Crippen LogP contribution in [0.2, 0.25) is 0 Å². The Labute approximate surface area is 124 Å². The van der Waals surface area contributed by atoms with Crippen molar-refractivity contribution in [3.05, 3.63) is 35.6 Å². The van der Waals surface area contributed by atoms with Crippen LogP contribution in [-0.4, -0.2) is 36.6 Å². The van der Waals surface area contributed by atoms with Gasteiger partial charge in [-0.2, -0.15) is 0 Å². The van der Waals surface area contributed by atoms with Crippen LogP contribution in [0, 0.1) is 11.7 Å². The summed E-state index contributed by atoms with van der Waals surface area (Å²) in [5.41, 5.74) is 0.805. The number of nitrogens with zero attached hydrogens (tertiary/aromatic N) is 1. The maximum Gasteiger partial charge on any atom is 0.241 e. The van der Waals surface area contributed by atoms with Gasteiger partial charge in [0.05, 0.1) is 6.04 Å². The van der Waals surface area contributed by atoms with Gasteiger partial charge in [0, 0.05) is 19.8 Å². The molecule has 0 aromatic heterocycles. The van der Waals surface area contributed by atoms with Crippen molar-refractivity contribution in [2.45, 2.75) is 32.0 Å². The van der Waals surface area contributed by atoms with Gasteiger partial charge in [-0.15, -0.1) is 0 Å². The molecular formula is C16H21FN2O2. The number of ether oxygens (including phenoxy) is 1. The lowest BCUT2D eigenvalue weighted by atomic mass is 9.99. The van der Waals surface area contributed by atoms with Crippen molar-refractivity contribution in [1.82, 2.24) is 10.2 Å². The summed E-state index contributed by atoms with van der Waals surface area (Å²) in [6.07, 6.45) is 1.73. The molecule has 2 fully saturated rings. The standard InChI is InChI=1S/C16H21FN2O2/c1-11-16(20)19(10-12-5-7-21-8-6-12)15(18-11)13-3-2-4-14(17)9-13/h2-4,9,11-12,15,18H,5-8,10H2,1H3. The summed E-state index contributed by atoms with van der Waals surface area (Å²) < 4.78 is 18.8. The largest absolute Gasteiger partial charge is 0.381 e. The smallest absolute Gasteiger partial charge is 0.241 e. The third-order valence-corrected chi connectivity index (χ3v) is 4.33. The predicted molar refractivity (Wildman–Crippen MR) is 77.0 cm³/mol. The summed E-state index contributed by atoms with van der Waals surface area (Å²) in [6.45, 7) is 4.10. The van der Waals surface area contributed by atoms with Crippen molar-refractivity contribution in [3.63, 3.8) is 0 Å². The molecule has 114 valence electrons. The number of hydrogen-bond acceptors (Lipinski definition) is 3. The third kappa shape index (κ3) is 3.09. The quantitative estimate of drug-likeness (QED) is 0.927. The van der Waals surface area contributed by atoms with Crippen LogP contribution in [0.15, 0.2) is 24.3 Å². The first kappa shape index (κ1) is 14.5. The highest BCUT2D eigenvalue weighted by molar-refractivity contribution is 5.84. The Morgan fingerprint density at radius 1 is 1.38 bits per heavy atom. The van der Waals surface area contributed by atoms with E-state index in [1.165, 1.54) is 12.1 Å². The molecule has 0 spiro atoms. The van der Waals surface area contributed by atoms with E-state index >= 15 is 0 Å². The first-order valence-corrected chi connectivity index (χ1v) is 7.55. The maximum absolute atomic E-state index is 13.5. The maximum atomic E-state index is 13.5. The Morgan fingerprint density at radius 3 is 2.86 bits per heavy atom. The highest BCUT2D eigenvalue weighted by Crippen LogP contribution is 2.28. The minimum atomic E-state index is -0.271. The van der Waals surface area contributed by atoms with E-state index in [-0.39, 0.29) is 23.9 Å². The van der Waals surface area contributed by atoms with Crippen molar-refractivity contribution < 1.29 is 13.9 Å². The lowest BCUT2D eigenvalue weighted by Gasteiger charge is -2.30. The van der Waals surface area contributed by atoms with Crippen LogP contribution in [0.4, 0.5) is 4.39 Å². The van der Waals surface area contributed by atoms with Gasteiger partial charge >= 0.3 is 0 Å². The molecule has 2 aliphatic rings. The molecular weight excluding hydrogens is 271 g/mol. The second-order valence-electron chi connectivity index (χ2n) is 5.89. The van der Waals surface area contributed by atoms with E-state index < -0.39 is 0 Å². The Morgan fingerprint density at radius 2 is 2.14 bits per heavy atom. The zero-order valence-corrected chi connectivity index (χ0v) is 12.2. The first-order valence-electron chi connectivity index (χ1n) is 7.55. The Balaban J connectivity index is 1.78. The molecule has 0 radical (unpaired) electrons. The molecule has 2 heterocycles. The van der Waals surface area contributed by atoms with Crippen LogP contribution in [0.3, 0.4) is 0 Å². The highest BCUT2D eigenvalue weighted by Gasteiger charge is 2.38. The van der Waals surface area contributed by atoms with E-state index in [1.807, 2.05) is 17.9 Å². The van der Waals surface area contributed by atoms with Crippen molar-refractivity contribution in [3.8, 4) is 0 Å². The summed E-state index contributed by atoms with van der Waals surface area (Å²) in [4.78, 5) is 14.2. The molecule has 21 heavy (non-hydrogen) atoms. The Hall–Kier alpha value is -1.46. The molecule has 2 unspecified atom stereocenters. The van der Waals surface area contributed by atoms with Crippen molar-refractivity contribution >= 4 is 5.91 Å². The van der Waals surface area contributed by atoms with Crippen LogP contribution in [0.25, 0.3) is 0 Å². The molecule has 0 bridgehead atoms. The predicted octanol–water partition coefficient (Wildman–Crippen LogP) is 2.07. The van der Waals surface area contributed by atoms with Gasteiger partial charge < -0.3 is 9.64 Å². The molecule has 1 amide bonds. The molecule has 1 aromatic rings. The topological polar surface area (TPSA) is 41.6 Å². The van der Waals surface area contributed by atoms with Gasteiger partial charge in [0.2, 0.25) is 5.91 Å². The number of benzene rings is 1. The molecule has 5 heteroatoms. The van der Waals surface area contributed by atoms with Crippen LogP contribution in [0.5, 0.6) is 0 Å². The van der Waals surface area contributed by atoms with E-state index in [4.69, 9.17) is 4.74 Å². The van der Waals surface area contributed by atoms with E-state index in [1.54, 1.807) is 6.07 Å². The van der Waals surface area contributed by atoms with Crippen LogP contribution < -0.4 is 5.32 Å². The Kier molecular flexibility index (Phi) is 4.22. The van der Waals surface area contributed by atoms with E-state index in [0.29, 0.717) is 12.5 Å². The second kappa shape index (κ2) is 6.12. The molecule has 0 aliphatic carbocycles. The number of carbonyl (C=O) groups is 1. The van der Waals surface area contributed by atoms with E-state index in [0.717, 1.165) is 31.6 Å². The minimum Gasteiger partial charge on any atom is -0.381 e. The van der Waals surface area contributed by atoms with E-state index in [2.05, 4.69) is 5.32 Å². The van der Waals surface area contributed by atoms with Crippen molar-refractivity contribution in [1.29, 1.82) is 0 Å². The van der Waals surface area contributed by atoms with Crippen molar-refractivity contribution in [2.24, 2.45) is 5.92 Å². The van der Waals surface area contributed by atoms with Gasteiger partial charge in [0.15, 0.2) is 0 Å². The molecule has 4 nitrogen and oxygen atoms in total. The summed E-state index contributed by atoms with van der Waals surface area (Å²) >= 11 is 0. The average molecular weight is 292 g/mol. The van der Waals surface area contributed by atoms with Gasteiger partial charge in [-0.1, -0.05) is 12.1 Å². The molecule has 0 saturated carbocycles. The summed E-state index contributed by atoms with van der Waals surface area (Å²) in [6, 6.07) is 6.25. The third-order valence-electron chi connectivity index (χ3n) is 4.33. The highest BCUT2D eigenvalue weighted by atomic mass is 19.1. The average Bonchev–Trinajstić information content (AvgIpc) is 2.77. The number of amides is 1. The molecule has 2 saturated heterocycles. The second-order valence-corrected chi connectivity index (χ2v) is 5.89. The van der Waals surface area contributed by atoms with Gasteiger partial charge in [-0.05, 0) is 43.4 Å². The summed E-state index contributed by atoms with van der Waals surface area (Å²) in [7, 11) is 0. The van der Waals surface area contributed by atoms with Gasteiger partial charge in [0.1, 0.15) is 12.0 Å². The van der Waals surface area contributed by atoms with Crippen LogP contribution >= 0.6 is 0 Å². The fourth-order valence-electron chi connectivity index (χ4n) is 3.13. The lowest BCUT2D eigenvalue weighted by molar-refractivity contribution is -0.130. The molecule has 2 atom stereocenters. The van der Waals surface area contributed by atoms with Crippen molar-refractivity contribution in [2.75, 3.05) is 19.8 Å². The van der Waals surface area contributed by atoms with Crippen LogP contribution in [-0.2, 0) is 9.53 Å².